The van der Waals surface area contributed by atoms with E-state index in [9.17, 15) is 0 Å². The topological polar surface area (TPSA) is 39.2 Å². The molecule has 0 saturated carbocycles. The number of anilines is 1. The van der Waals surface area contributed by atoms with E-state index in [0.717, 1.165) is 22.2 Å². The van der Waals surface area contributed by atoms with Gasteiger partial charge in [0.25, 0.3) is 0 Å². The molecule has 0 radical (unpaired) electrons. The van der Waals surface area contributed by atoms with Crippen molar-refractivity contribution < 1.29 is 4.42 Å². The highest BCUT2D eigenvalue weighted by Gasteiger charge is 2.01. The highest BCUT2D eigenvalue weighted by molar-refractivity contribution is 5.85. The first-order valence-electron chi connectivity index (χ1n) is 3.51. The number of nitrogens with two attached hydrogens (primary N) is 1. The van der Waals surface area contributed by atoms with Crippen molar-refractivity contribution in [3.05, 3.63) is 30.0 Å². The minimum absolute atomic E-state index is 0.818. The second-order valence-electron chi connectivity index (χ2n) is 2.61. The predicted octanol–water partition coefficient (Wildman–Crippen LogP) is 2.32. The summed E-state index contributed by atoms with van der Waals surface area (Å²) >= 11 is 0. The summed E-state index contributed by atoms with van der Waals surface area (Å²) in [5.41, 5.74) is 8.52. The monoisotopic (exact) mass is 147 g/mol. The molecule has 2 aromatic rings. The fourth-order valence-corrected chi connectivity index (χ4v) is 1.21. The summed E-state index contributed by atoms with van der Waals surface area (Å²) in [6.45, 7) is 1.99. The maximum atomic E-state index is 5.70. The Morgan fingerprint density at radius 1 is 1.27 bits per heavy atom. The molecule has 0 bridgehead atoms. The molecular formula is C9H9NO. The fraction of sp³-hybridized carbons (Fsp3) is 0.111. The molecule has 1 aromatic carbocycles. The van der Waals surface area contributed by atoms with Gasteiger partial charge < -0.3 is 10.2 Å². The van der Waals surface area contributed by atoms with E-state index in [2.05, 4.69) is 0 Å². The van der Waals surface area contributed by atoms with E-state index in [4.69, 9.17) is 10.2 Å². The van der Waals surface area contributed by atoms with Gasteiger partial charge in [0.1, 0.15) is 5.58 Å². The van der Waals surface area contributed by atoms with Crippen molar-refractivity contribution in [1.29, 1.82) is 0 Å². The van der Waals surface area contributed by atoms with Gasteiger partial charge in [0, 0.05) is 11.1 Å². The minimum atomic E-state index is 0.818. The molecule has 0 aliphatic rings. The van der Waals surface area contributed by atoms with Crippen molar-refractivity contribution >= 4 is 16.7 Å². The Kier molecular flexibility index (Phi) is 1.15. The number of aryl methyl sites for hydroxylation is 1. The van der Waals surface area contributed by atoms with Crippen molar-refractivity contribution in [2.45, 2.75) is 6.92 Å². The van der Waals surface area contributed by atoms with Gasteiger partial charge in [-0.3, -0.25) is 0 Å². The Morgan fingerprint density at radius 3 is 2.91 bits per heavy atom. The Balaban J connectivity index is 2.93. The Hall–Kier alpha value is -1.44. The number of rotatable bonds is 0. The summed E-state index contributed by atoms with van der Waals surface area (Å²) in [5.74, 6) is 0. The standard InChI is InChI=1S/C9H9NO/c1-6-7-4-5-11-9(7)3-2-8(6)10/h2-5H,10H2,1H3. The zero-order valence-corrected chi connectivity index (χ0v) is 6.29. The van der Waals surface area contributed by atoms with E-state index in [1.807, 2.05) is 25.1 Å². The number of fused-ring (bicyclic) bond motifs is 1. The Labute approximate surface area is 64.6 Å². The molecule has 0 aliphatic carbocycles. The second-order valence-corrected chi connectivity index (χ2v) is 2.61. The molecule has 2 N–H and O–H groups in total. The lowest BCUT2D eigenvalue weighted by Crippen LogP contribution is -1.87. The smallest absolute Gasteiger partial charge is 0.134 e. The summed E-state index contributed by atoms with van der Waals surface area (Å²) in [4.78, 5) is 0. The fourth-order valence-electron chi connectivity index (χ4n) is 1.21. The SMILES string of the molecule is Cc1c(N)ccc2occc12. The number of furan rings is 1. The zero-order valence-electron chi connectivity index (χ0n) is 6.29. The van der Waals surface area contributed by atoms with E-state index >= 15 is 0 Å². The first-order chi connectivity index (χ1) is 5.29. The van der Waals surface area contributed by atoms with Gasteiger partial charge in [0.2, 0.25) is 0 Å². The first-order valence-corrected chi connectivity index (χ1v) is 3.51. The summed E-state index contributed by atoms with van der Waals surface area (Å²) in [6.07, 6.45) is 1.68. The summed E-state index contributed by atoms with van der Waals surface area (Å²) in [5, 5.41) is 1.10. The molecule has 0 spiro atoms. The lowest BCUT2D eigenvalue weighted by Gasteiger charge is -1.98. The van der Waals surface area contributed by atoms with Crippen LogP contribution >= 0.6 is 0 Å². The third-order valence-electron chi connectivity index (χ3n) is 1.95. The molecule has 0 fully saturated rings. The van der Waals surface area contributed by atoms with Crippen LogP contribution in [0.1, 0.15) is 5.56 Å². The van der Waals surface area contributed by atoms with E-state index in [0.29, 0.717) is 0 Å². The van der Waals surface area contributed by atoms with E-state index in [1.165, 1.54) is 0 Å². The van der Waals surface area contributed by atoms with E-state index in [1.54, 1.807) is 6.26 Å². The molecule has 0 saturated heterocycles. The molecule has 0 atom stereocenters. The van der Waals surface area contributed by atoms with Crippen LogP contribution in [0.5, 0.6) is 0 Å². The number of hydrogen-bond acceptors (Lipinski definition) is 2. The van der Waals surface area contributed by atoms with Crippen LogP contribution in [0.2, 0.25) is 0 Å². The van der Waals surface area contributed by atoms with Gasteiger partial charge >= 0.3 is 0 Å². The van der Waals surface area contributed by atoms with Crippen LogP contribution < -0.4 is 5.73 Å². The summed E-state index contributed by atoms with van der Waals surface area (Å²) in [7, 11) is 0. The van der Waals surface area contributed by atoms with Crippen LogP contribution in [0.15, 0.2) is 28.9 Å². The van der Waals surface area contributed by atoms with Crippen molar-refractivity contribution in [1.82, 2.24) is 0 Å². The van der Waals surface area contributed by atoms with Gasteiger partial charge in [0.05, 0.1) is 6.26 Å². The van der Waals surface area contributed by atoms with E-state index < -0.39 is 0 Å². The molecule has 0 unspecified atom stereocenters. The number of benzene rings is 1. The minimum Gasteiger partial charge on any atom is -0.464 e. The summed E-state index contributed by atoms with van der Waals surface area (Å²) < 4.78 is 5.20. The zero-order chi connectivity index (χ0) is 7.84. The molecule has 2 nitrogen and oxygen atoms in total. The molecule has 0 aliphatic heterocycles. The molecule has 11 heavy (non-hydrogen) atoms. The van der Waals surface area contributed by atoms with Crippen molar-refractivity contribution in [2.24, 2.45) is 0 Å². The van der Waals surface area contributed by atoms with Gasteiger partial charge in [-0.05, 0) is 30.7 Å². The molecule has 1 aromatic heterocycles. The highest BCUT2D eigenvalue weighted by Crippen LogP contribution is 2.23. The molecule has 0 amide bonds. The average Bonchev–Trinajstić information content (AvgIpc) is 2.45. The molecule has 56 valence electrons. The largest absolute Gasteiger partial charge is 0.464 e. The van der Waals surface area contributed by atoms with Gasteiger partial charge in [-0.2, -0.15) is 0 Å². The van der Waals surface area contributed by atoms with Gasteiger partial charge in [-0.25, -0.2) is 0 Å². The maximum Gasteiger partial charge on any atom is 0.134 e. The van der Waals surface area contributed by atoms with Crippen LogP contribution in [0.4, 0.5) is 5.69 Å². The van der Waals surface area contributed by atoms with Gasteiger partial charge in [-0.15, -0.1) is 0 Å². The lowest BCUT2D eigenvalue weighted by atomic mass is 10.1. The van der Waals surface area contributed by atoms with Crippen molar-refractivity contribution in [3.8, 4) is 0 Å². The quantitative estimate of drug-likeness (QED) is 0.581. The lowest BCUT2D eigenvalue weighted by molar-refractivity contribution is 0.616. The third-order valence-corrected chi connectivity index (χ3v) is 1.95. The molecular weight excluding hydrogens is 138 g/mol. The number of hydrogen-bond donors (Lipinski definition) is 1. The van der Waals surface area contributed by atoms with Gasteiger partial charge in [-0.1, -0.05) is 0 Å². The first kappa shape index (κ1) is 6.28. The van der Waals surface area contributed by atoms with Crippen LogP contribution in [0.3, 0.4) is 0 Å². The van der Waals surface area contributed by atoms with Crippen molar-refractivity contribution in [2.75, 3.05) is 5.73 Å². The second kappa shape index (κ2) is 2.02. The van der Waals surface area contributed by atoms with Crippen LogP contribution in [0, 0.1) is 6.92 Å². The Bertz CT molecular complexity index is 389. The van der Waals surface area contributed by atoms with Crippen LogP contribution in [0.25, 0.3) is 11.0 Å². The highest BCUT2D eigenvalue weighted by atomic mass is 16.3. The van der Waals surface area contributed by atoms with Crippen molar-refractivity contribution in [3.63, 3.8) is 0 Å². The predicted molar refractivity (Wildman–Crippen MR) is 45.4 cm³/mol. The van der Waals surface area contributed by atoms with Crippen LogP contribution in [-0.4, -0.2) is 0 Å². The van der Waals surface area contributed by atoms with Crippen LogP contribution in [-0.2, 0) is 0 Å². The Morgan fingerprint density at radius 2 is 2.09 bits per heavy atom. The maximum absolute atomic E-state index is 5.70. The summed E-state index contributed by atoms with van der Waals surface area (Å²) in [6, 6.07) is 5.68. The van der Waals surface area contributed by atoms with Gasteiger partial charge in [0.15, 0.2) is 0 Å². The normalized spacial score (nSPS) is 10.6. The van der Waals surface area contributed by atoms with E-state index in [-0.39, 0.29) is 0 Å². The average molecular weight is 147 g/mol. The third kappa shape index (κ3) is 0.792. The molecule has 2 rings (SSSR count). The molecule has 2 heteroatoms. The molecule has 1 heterocycles. The number of nitrogen functional groups attached to an aromatic ring is 1.